The van der Waals surface area contributed by atoms with Crippen LogP contribution in [0, 0.1) is 12.8 Å². The third kappa shape index (κ3) is 2.95. The summed E-state index contributed by atoms with van der Waals surface area (Å²) in [6, 6.07) is 28.6. The van der Waals surface area contributed by atoms with Crippen molar-refractivity contribution in [2.75, 3.05) is 0 Å². The van der Waals surface area contributed by atoms with E-state index in [9.17, 15) is 4.79 Å². The molecule has 4 nitrogen and oxygen atoms in total. The number of hydrogen-bond donors (Lipinski definition) is 0. The van der Waals surface area contributed by atoms with Gasteiger partial charge in [0.15, 0.2) is 0 Å². The molecule has 0 saturated carbocycles. The maximum absolute atomic E-state index is 14.0. The van der Waals surface area contributed by atoms with Gasteiger partial charge in [0.2, 0.25) is 5.91 Å². The molecule has 4 saturated heterocycles. The first-order chi connectivity index (χ1) is 15.6. The summed E-state index contributed by atoms with van der Waals surface area (Å²) in [6.07, 6.45) is -0.591. The van der Waals surface area contributed by atoms with Crippen LogP contribution in [0.15, 0.2) is 84.9 Å². The average molecular weight is 444 g/mol. The maximum Gasteiger partial charge on any atom is 0.309 e. The van der Waals surface area contributed by atoms with Crippen LogP contribution in [0.25, 0.3) is 0 Å². The number of carbonyl (C=O) groups excluding carboxylic acids is 1. The molecule has 1 amide bonds. The number of carbonyl (C=O) groups is 1. The Hall–Kier alpha value is -2.60. The van der Waals surface area contributed by atoms with Gasteiger partial charge in [0, 0.05) is 0 Å². The monoisotopic (exact) mass is 443 g/mol. The van der Waals surface area contributed by atoms with Gasteiger partial charge >= 0.3 is 5.24 Å². The Labute approximate surface area is 192 Å². The fraction of sp³-hybridized carbons (Fsp3) is 0.296. The highest BCUT2D eigenvalue weighted by molar-refractivity contribution is 8.00. The molecule has 6 atom stereocenters. The number of fused-ring (bicyclic) bond motifs is 2. The fourth-order valence-corrected chi connectivity index (χ4v) is 6.93. The van der Waals surface area contributed by atoms with E-state index in [1.54, 1.807) is 11.8 Å². The summed E-state index contributed by atoms with van der Waals surface area (Å²) in [5.74, 6) is -0.201. The molecular formula is C27H25NO3S. The van der Waals surface area contributed by atoms with Crippen LogP contribution < -0.4 is 0 Å². The summed E-state index contributed by atoms with van der Waals surface area (Å²) >= 11 is 1.62. The highest BCUT2D eigenvalue weighted by atomic mass is 32.2. The number of nitrogens with zero attached hydrogens (tertiary/aromatic N) is 1. The molecule has 0 aliphatic carbocycles. The number of amides is 1. The normalized spacial score (nSPS) is 33.4. The lowest BCUT2D eigenvalue weighted by Gasteiger charge is -2.55. The highest BCUT2D eigenvalue weighted by Gasteiger charge is 2.69. The Morgan fingerprint density at radius 2 is 1.34 bits per heavy atom. The number of hydrogen-bond acceptors (Lipinski definition) is 4. The lowest BCUT2D eigenvalue weighted by atomic mass is 9.85. The van der Waals surface area contributed by atoms with Gasteiger partial charge in [0.1, 0.15) is 12.2 Å². The van der Waals surface area contributed by atoms with Crippen molar-refractivity contribution in [3.63, 3.8) is 0 Å². The molecule has 1 spiro atoms. The van der Waals surface area contributed by atoms with Gasteiger partial charge in [-0.05, 0) is 30.5 Å². The number of aryl methyl sites for hydroxylation is 1. The summed E-state index contributed by atoms with van der Waals surface area (Å²) in [4.78, 5) is 15.9. The van der Waals surface area contributed by atoms with E-state index in [0.29, 0.717) is 0 Å². The van der Waals surface area contributed by atoms with E-state index in [1.165, 1.54) is 5.56 Å². The summed E-state index contributed by atoms with van der Waals surface area (Å²) in [5, 5.41) is -1.18. The molecule has 0 N–H and O–H groups in total. The Bertz CT molecular complexity index is 1130. The quantitative estimate of drug-likeness (QED) is 0.515. The number of benzene rings is 3. The van der Waals surface area contributed by atoms with Crippen LogP contribution >= 0.6 is 11.8 Å². The van der Waals surface area contributed by atoms with E-state index >= 15 is 0 Å². The molecular weight excluding hydrogens is 418 g/mol. The fourth-order valence-electron chi connectivity index (χ4n) is 5.22. The van der Waals surface area contributed by atoms with Crippen molar-refractivity contribution in [3.05, 3.63) is 107 Å². The smallest absolute Gasteiger partial charge is 0.309 e. The Morgan fingerprint density at radius 1 is 0.781 bits per heavy atom. The van der Waals surface area contributed by atoms with Crippen LogP contribution in [0.5, 0.6) is 0 Å². The molecule has 4 aliphatic heterocycles. The summed E-state index contributed by atoms with van der Waals surface area (Å²) < 4.78 is 13.4. The van der Waals surface area contributed by atoms with Crippen molar-refractivity contribution in [3.8, 4) is 0 Å². The molecule has 2 bridgehead atoms. The third-order valence-corrected chi connectivity index (χ3v) is 8.31. The van der Waals surface area contributed by atoms with Gasteiger partial charge in [0.25, 0.3) is 0 Å². The largest absolute Gasteiger partial charge is 0.315 e. The second-order valence-corrected chi connectivity index (χ2v) is 10.1. The summed E-state index contributed by atoms with van der Waals surface area (Å²) in [7, 11) is 0. The van der Waals surface area contributed by atoms with Crippen molar-refractivity contribution >= 4 is 17.7 Å². The predicted octanol–water partition coefficient (Wildman–Crippen LogP) is 5.77. The molecule has 0 unspecified atom stereocenters. The molecule has 0 aromatic heterocycles. The highest BCUT2D eigenvalue weighted by Crippen LogP contribution is 2.66. The third-order valence-electron chi connectivity index (χ3n) is 6.81. The molecule has 5 heteroatoms. The zero-order valence-corrected chi connectivity index (χ0v) is 18.9. The minimum absolute atomic E-state index is 0.0401. The van der Waals surface area contributed by atoms with Crippen LogP contribution in [0.1, 0.15) is 46.6 Å². The van der Waals surface area contributed by atoms with Gasteiger partial charge in [-0.1, -0.05) is 102 Å². The van der Waals surface area contributed by atoms with E-state index in [2.05, 4.69) is 62.4 Å². The Morgan fingerprint density at radius 3 is 2.00 bits per heavy atom. The number of rotatable bonds is 3. The van der Waals surface area contributed by atoms with Crippen LogP contribution in [0.4, 0.5) is 0 Å². The van der Waals surface area contributed by atoms with E-state index < -0.39 is 5.24 Å². The minimum atomic E-state index is -1.14. The molecule has 0 radical (unpaired) electrons. The van der Waals surface area contributed by atoms with Crippen molar-refractivity contribution < 1.29 is 14.3 Å². The SMILES string of the molecule is Cc1ccc([C@@H]2O[C@@]34O[C@H](c5ccccc5)[C@H](C)N3C(=O)[C@@H]2[C@H](c2ccccc2)S4)cc1. The molecule has 3 aromatic rings. The van der Waals surface area contributed by atoms with Crippen molar-refractivity contribution in [2.45, 2.75) is 42.6 Å². The van der Waals surface area contributed by atoms with Crippen molar-refractivity contribution in [1.82, 2.24) is 4.90 Å². The topological polar surface area (TPSA) is 38.8 Å². The molecule has 32 heavy (non-hydrogen) atoms. The van der Waals surface area contributed by atoms with E-state index in [-0.39, 0.29) is 35.3 Å². The molecule has 4 fully saturated rings. The van der Waals surface area contributed by atoms with Crippen LogP contribution in [0.2, 0.25) is 0 Å². The zero-order valence-electron chi connectivity index (χ0n) is 18.0. The van der Waals surface area contributed by atoms with Gasteiger partial charge in [-0.25, -0.2) is 0 Å². The van der Waals surface area contributed by atoms with Crippen LogP contribution in [-0.4, -0.2) is 22.1 Å². The first-order valence-electron chi connectivity index (χ1n) is 11.1. The molecule has 7 rings (SSSR count). The van der Waals surface area contributed by atoms with E-state index in [4.69, 9.17) is 9.47 Å². The standard InChI is InChI=1S/C27H25NO3S/c1-17-13-15-20(16-14-17)24-22-25(21-11-7-4-8-12-21)32-27(31-24)28(26(22)29)18(2)23(30-27)19-9-5-3-6-10-19/h3-16,18,22-25H,1-2H3/t18-,22-,23-,24-,25-,27-/m0/s1. The molecule has 4 aliphatic rings. The average Bonchev–Trinajstić information content (AvgIpc) is 3.13. The summed E-state index contributed by atoms with van der Waals surface area (Å²) in [5.41, 5.74) is 4.40. The predicted molar refractivity (Wildman–Crippen MR) is 125 cm³/mol. The number of ether oxygens (including phenoxy) is 2. The van der Waals surface area contributed by atoms with Crippen molar-refractivity contribution in [2.24, 2.45) is 5.92 Å². The minimum Gasteiger partial charge on any atom is -0.315 e. The Balaban J connectivity index is 1.46. The maximum atomic E-state index is 14.0. The second kappa shape index (κ2) is 7.48. The van der Waals surface area contributed by atoms with Gasteiger partial charge in [-0.2, -0.15) is 0 Å². The van der Waals surface area contributed by atoms with Crippen molar-refractivity contribution in [1.29, 1.82) is 0 Å². The molecule has 3 aromatic carbocycles. The Kier molecular flexibility index (Phi) is 4.68. The summed E-state index contributed by atoms with van der Waals surface area (Å²) in [6.45, 7) is 4.13. The first kappa shape index (κ1) is 20.0. The van der Waals surface area contributed by atoms with Crippen LogP contribution in [0.3, 0.4) is 0 Å². The lowest BCUT2D eigenvalue weighted by molar-refractivity contribution is -0.279. The zero-order chi connectivity index (χ0) is 21.9. The van der Waals surface area contributed by atoms with Gasteiger partial charge < -0.3 is 9.47 Å². The lowest BCUT2D eigenvalue weighted by Crippen LogP contribution is -2.63. The second-order valence-electron chi connectivity index (χ2n) is 8.85. The van der Waals surface area contributed by atoms with E-state index in [0.717, 1.165) is 16.7 Å². The first-order valence-corrected chi connectivity index (χ1v) is 12.0. The molecule has 162 valence electrons. The van der Waals surface area contributed by atoms with Gasteiger partial charge in [-0.3, -0.25) is 9.69 Å². The van der Waals surface area contributed by atoms with Gasteiger partial charge in [0.05, 0.1) is 17.2 Å². The van der Waals surface area contributed by atoms with Crippen LogP contribution in [-0.2, 0) is 14.3 Å². The van der Waals surface area contributed by atoms with Gasteiger partial charge in [-0.15, -0.1) is 0 Å². The molecule has 4 heterocycles. The number of thioether (sulfide) groups is 1. The van der Waals surface area contributed by atoms with E-state index in [1.807, 2.05) is 41.3 Å².